The lowest BCUT2D eigenvalue weighted by Gasteiger charge is -2.19. The smallest absolute Gasteiger partial charge is 0.0804 e. The molecule has 2 aromatic heterocycles. The summed E-state index contributed by atoms with van der Waals surface area (Å²) in [6, 6.07) is 12.9. The van der Waals surface area contributed by atoms with Crippen molar-refractivity contribution in [1.29, 1.82) is 0 Å². The van der Waals surface area contributed by atoms with Crippen molar-refractivity contribution in [3.8, 4) is 11.3 Å². The summed E-state index contributed by atoms with van der Waals surface area (Å²) in [5, 5.41) is 5.01. The van der Waals surface area contributed by atoms with Crippen LogP contribution < -0.4 is 5.19 Å². The van der Waals surface area contributed by atoms with Gasteiger partial charge in [-0.1, -0.05) is 43.9 Å². The Labute approximate surface area is 119 Å². The molecular weight excluding hydrogens is 266 g/mol. The first-order valence-corrected chi connectivity index (χ1v) is 10.9. The maximum absolute atomic E-state index is 4.68. The van der Waals surface area contributed by atoms with Gasteiger partial charge in [0.1, 0.15) is 0 Å². The molecule has 0 atom stereocenters. The summed E-state index contributed by atoms with van der Waals surface area (Å²) in [7, 11) is -1.38. The van der Waals surface area contributed by atoms with Crippen LogP contribution in [0.4, 0.5) is 0 Å². The van der Waals surface area contributed by atoms with Crippen molar-refractivity contribution in [1.82, 2.24) is 4.98 Å². The van der Waals surface area contributed by atoms with E-state index in [1.54, 1.807) is 11.3 Å². The Balaban J connectivity index is 2.28. The van der Waals surface area contributed by atoms with Crippen LogP contribution in [-0.2, 0) is 0 Å². The highest BCUT2D eigenvalue weighted by molar-refractivity contribution is 7.17. The van der Waals surface area contributed by atoms with Crippen LogP contribution in [0.5, 0.6) is 0 Å². The van der Waals surface area contributed by atoms with E-state index in [2.05, 4.69) is 66.4 Å². The van der Waals surface area contributed by atoms with Crippen LogP contribution in [0.3, 0.4) is 0 Å². The number of thiophene rings is 1. The van der Waals surface area contributed by atoms with Gasteiger partial charge >= 0.3 is 0 Å². The molecule has 0 bridgehead atoms. The fourth-order valence-electron chi connectivity index (χ4n) is 2.39. The van der Waals surface area contributed by atoms with Gasteiger partial charge in [-0.2, -0.15) is 0 Å². The van der Waals surface area contributed by atoms with Crippen molar-refractivity contribution in [2.24, 2.45) is 0 Å². The molecule has 0 saturated carbocycles. The van der Waals surface area contributed by atoms with Crippen LogP contribution >= 0.6 is 11.3 Å². The van der Waals surface area contributed by atoms with Crippen LogP contribution in [0.15, 0.2) is 48.0 Å². The molecule has 0 aliphatic rings. The van der Waals surface area contributed by atoms with Crippen LogP contribution in [0.1, 0.15) is 0 Å². The summed E-state index contributed by atoms with van der Waals surface area (Å²) in [5.41, 5.74) is 2.47. The van der Waals surface area contributed by atoms with E-state index in [4.69, 9.17) is 0 Å². The quantitative estimate of drug-likeness (QED) is 0.631. The van der Waals surface area contributed by atoms with Crippen molar-refractivity contribution < 1.29 is 0 Å². The molecule has 0 spiro atoms. The molecule has 3 heteroatoms. The Morgan fingerprint density at radius 1 is 1.00 bits per heavy atom. The second-order valence-corrected chi connectivity index (χ2v) is 11.7. The lowest BCUT2D eigenvalue weighted by Crippen LogP contribution is -2.39. The molecule has 3 rings (SSSR count). The van der Waals surface area contributed by atoms with Crippen LogP contribution in [0.2, 0.25) is 19.6 Å². The summed E-state index contributed by atoms with van der Waals surface area (Å²) in [6.07, 6.45) is 1.91. The fourth-order valence-corrected chi connectivity index (χ4v) is 4.84. The van der Waals surface area contributed by atoms with Crippen molar-refractivity contribution in [3.05, 3.63) is 48.0 Å². The Morgan fingerprint density at radius 3 is 2.58 bits per heavy atom. The molecule has 0 amide bonds. The number of fused-ring (bicyclic) bond motifs is 1. The molecule has 0 aliphatic carbocycles. The molecule has 0 N–H and O–H groups in total. The summed E-state index contributed by atoms with van der Waals surface area (Å²) in [5.74, 6) is 0. The topological polar surface area (TPSA) is 12.9 Å². The average Bonchev–Trinajstić information content (AvgIpc) is 2.81. The van der Waals surface area contributed by atoms with Gasteiger partial charge in [-0.05, 0) is 17.3 Å². The molecule has 0 unspecified atom stereocenters. The number of pyridine rings is 1. The van der Waals surface area contributed by atoms with E-state index in [-0.39, 0.29) is 0 Å². The Hall–Kier alpha value is -1.45. The van der Waals surface area contributed by atoms with E-state index in [9.17, 15) is 0 Å². The van der Waals surface area contributed by atoms with Gasteiger partial charge in [0.25, 0.3) is 0 Å². The third kappa shape index (κ3) is 2.24. The van der Waals surface area contributed by atoms with Gasteiger partial charge in [0.2, 0.25) is 0 Å². The fraction of sp³-hybridized carbons (Fsp3) is 0.188. The second kappa shape index (κ2) is 4.58. The first-order chi connectivity index (χ1) is 9.07. The standard InChI is InChI=1S/C16H17NSSi/c1-19(2,3)15-9-6-10-17-16(15)13-11-18-14-8-5-4-7-12(13)14/h4-11H,1-3H3. The van der Waals surface area contributed by atoms with E-state index in [1.807, 2.05) is 6.20 Å². The molecule has 0 saturated heterocycles. The molecule has 1 aromatic carbocycles. The van der Waals surface area contributed by atoms with E-state index >= 15 is 0 Å². The minimum atomic E-state index is -1.38. The molecule has 96 valence electrons. The maximum atomic E-state index is 4.68. The van der Waals surface area contributed by atoms with Gasteiger partial charge in [-0.3, -0.25) is 4.98 Å². The van der Waals surface area contributed by atoms with Crippen molar-refractivity contribution >= 4 is 34.7 Å². The summed E-state index contributed by atoms with van der Waals surface area (Å²) in [6.45, 7) is 7.13. The third-order valence-electron chi connectivity index (χ3n) is 3.35. The lowest BCUT2D eigenvalue weighted by molar-refractivity contribution is 1.35. The van der Waals surface area contributed by atoms with Gasteiger partial charge in [0.05, 0.1) is 13.8 Å². The van der Waals surface area contributed by atoms with Crippen LogP contribution in [0, 0.1) is 0 Å². The summed E-state index contributed by atoms with van der Waals surface area (Å²) < 4.78 is 1.34. The molecule has 19 heavy (non-hydrogen) atoms. The summed E-state index contributed by atoms with van der Waals surface area (Å²) >= 11 is 1.80. The highest BCUT2D eigenvalue weighted by Crippen LogP contribution is 2.32. The van der Waals surface area contributed by atoms with E-state index in [0.717, 1.165) is 0 Å². The minimum absolute atomic E-state index is 1.18. The predicted molar refractivity (Wildman–Crippen MR) is 88.0 cm³/mol. The Bertz CT molecular complexity index is 725. The molecule has 1 nitrogen and oxygen atoms in total. The summed E-state index contributed by atoms with van der Waals surface area (Å²) in [4.78, 5) is 4.68. The molecule has 3 aromatic rings. The number of rotatable bonds is 2. The van der Waals surface area contributed by atoms with Crippen LogP contribution in [-0.4, -0.2) is 13.1 Å². The number of nitrogens with zero attached hydrogens (tertiary/aromatic N) is 1. The molecular formula is C16H17NSSi. The first kappa shape index (κ1) is 12.6. The zero-order valence-electron chi connectivity index (χ0n) is 11.5. The highest BCUT2D eigenvalue weighted by Gasteiger charge is 2.22. The number of benzene rings is 1. The average molecular weight is 283 g/mol. The maximum Gasteiger partial charge on any atom is 0.0804 e. The normalized spacial score (nSPS) is 11.9. The number of hydrogen-bond donors (Lipinski definition) is 0. The SMILES string of the molecule is C[Si](C)(C)c1cccnc1-c1csc2ccccc12. The van der Waals surface area contributed by atoms with Gasteiger partial charge in [-0.15, -0.1) is 11.3 Å². The van der Waals surface area contributed by atoms with Crippen LogP contribution in [0.25, 0.3) is 21.3 Å². The van der Waals surface area contributed by atoms with E-state index in [0.29, 0.717) is 0 Å². The van der Waals surface area contributed by atoms with E-state index < -0.39 is 8.07 Å². The zero-order chi connectivity index (χ0) is 13.5. The zero-order valence-corrected chi connectivity index (χ0v) is 13.3. The predicted octanol–water partition coefficient (Wildman–Crippen LogP) is 4.51. The number of hydrogen-bond acceptors (Lipinski definition) is 2. The Kier molecular flexibility index (Phi) is 3.03. The molecule has 2 heterocycles. The van der Waals surface area contributed by atoms with Crippen molar-refractivity contribution in [3.63, 3.8) is 0 Å². The first-order valence-electron chi connectivity index (χ1n) is 6.49. The van der Waals surface area contributed by atoms with Gasteiger partial charge in [-0.25, -0.2) is 0 Å². The van der Waals surface area contributed by atoms with Crippen molar-refractivity contribution in [2.45, 2.75) is 19.6 Å². The van der Waals surface area contributed by atoms with E-state index in [1.165, 1.54) is 26.5 Å². The monoisotopic (exact) mass is 283 g/mol. The second-order valence-electron chi connectivity index (χ2n) is 5.80. The lowest BCUT2D eigenvalue weighted by atomic mass is 10.1. The molecule has 0 fully saturated rings. The number of aromatic nitrogens is 1. The molecule has 0 radical (unpaired) electrons. The largest absolute Gasteiger partial charge is 0.256 e. The van der Waals surface area contributed by atoms with Gasteiger partial charge in [0.15, 0.2) is 0 Å². The van der Waals surface area contributed by atoms with Gasteiger partial charge in [0, 0.05) is 27.2 Å². The Morgan fingerprint density at radius 2 is 1.79 bits per heavy atom. The van der Waals surface area contributed by atoms with Crippen molar-refractivity contribution in [2.75, 3.05) is 0 Å². The molecule has 0 aliphatic heterocycles. The minimum Gasteiger partial charge on any atom is -0.256 e. The van der Waals surface area contributed by atoms with Gasteiger partial charge < -0.3 is 0 Å². The highest BCUT2D eigenvalue weighted by atomic mass is 32.1. The third-order valence-corrected chi connectivity index (χ3v) is 6.33.